The highest BCUT2D eigenvalue weighted by Crippen LogP contribution is 2.34. The van der Waals surface area contributed by atoms with Crippen molar-refractivity contribution in [3.63, 3.8) is 0 Å². The molecule has 17 heavy (non-hydrogen) atoms. The quantitative estimate of drug-likeness (QED) is 0.756. The lowest BCUT2D eigenvalue weighted by molar-refractivity contribution is 0.0418. The van der Waals surface area contributed by atoms with Crippen molar-refractivity contribution in [2.45, 2.75) is 12.8 Å². The molecule has 0 radical (unpaired) electrons. The number of Topliss-reactive ketones (excluding diaryl/α,β-unsaturated/α-hetero) is 1. The molecular weight excluding hydrogens is 236 g/mol. The SMILES string of the molecule is Cl.O=C(c1cccnc1)C1CN2CCC1CC2. The van der Waals surface area contributed by atoms with Crippen molar-refractivity contribution in [3.05, 3.63) is 30.1 Å². The molecule has 3 nitrogen and oxygen atoms in total. The summed E-state index contributed by atoms with van der Waals surface area (Å²) in [5.74, 6) is 1.12. The fourth-order valence-electron chi connectivity index (χ4n) is 2.98. The molecule has 0 amide bonds. The van der Waals surface area contributed by atoms with E-state index in [1.165, 1.54) is 25.9 Å². The van der Waals surface area contributed by atoms with E-state index < -0.39 is 0 Å². The fraction of sp³-hybridized carbons (Fsp3) is 0.538. The van der Waals surface area contributed by atoms with Gasteiger partial charge >= 0.3 is 0 Å². The first-order chi connectivity index (χ1) is 7.84. The molecule has 3 aliphatic heterocycles. The van der Waals surface area contributed by atoms with E-state index in [0.717, 1.165) is 12.1 Å². The van der Waals surface area contributed by atoms with Crippen LogP contribution in [0.3, 0.4) is 0 Å². The van der Waals surface area contributed by atoms with E-state index >= 15 is 0 Å². The minimum atomic E-state index is 0. The highest BCUT2D eigenvalue weighted by Gasteiger charge is 2.38. The standard InChI is InChI=1S/C13H16N2O.ClH/c16-13(11-2-1-5-14-8-11)12-9-15-6-3-10(12)4-7-15;/h1-2,5,8,10,12H,3-4,6-7,9H2;1H. The predicted octanol–water partition coefficient (Wildman–Crippen LogP) is 2.03. The number of nitrogens with zero attached hydrogens (tertiary/aromatic N) is 2. The zero-order valence-corrected chi connectivity index (χ0v) is 10.5. The smallest absolute Gasteiger partial charge is 0.169 e. The summed E-state index contributed by atoms with van der Waals surface area (Å²) in [6.45, 7) is 3.32. The van der Waals surface area contributed by atoms with Gasteiger partial charge < -0.3 is 4.90 Å². The molecule has 0 aromatic carbocycles. The van der Waals surface area contributed by atoms with Gasteiger partial charge in [0.05, 0.1) is 0 Å². The maximum atomic E-state index is 12.3. The highest BCUT2D eigenvalue weighted by molar-refractivity contribution is 5.98. The summed E-state index contributed by atoms with van der Waals surface area (Å²) in [5, 5.41) is 0. The minimum Gasteiger partial charge on any atom is -0.303 e. The van der Waals surface area contributed by atoms with Gasteiger partial charge in [0, 0.05) is 30.4 Å². The number of pyridine rings is 1. The van der Waals surface area contributed by atoms with Gasteiger partial charge in [-0.15, -0.1) is 12.4 Å². The van der Waals surface area contributed by atoms with Crippen molar-refractivity contribution in [2.24, 2.45) is 11.8 Å². The number of carbonyl (C=O) groups excluding carboxylic acids is 1. The lowest BCUT2D eigenvalue weighted by atomic mass is 9.76. The molecule has 4 rings (SSSR count). The van der Waals surface area contributed by atoms with Gasteiger partial charge in [-0.3, -0.25) is 9.78 Å². The second-order valence-electron chi connectivity index (χ2n) is 4.85. The number of hydrogen-bond acceptors (Lipinski definition) is 3. The number of aromatic nitrogens is 1. The first-order valence-electron chi connectivity index (χ1n) is 6.01. The molecule has 0 N–H and O–H groups in total. The maximum absolute atomic E-state index is 12.3. The number of rotatable bonds is 2. The second-order valence-corrected chi connectivity index (χ2v) is 4.85. The van der Waals surface area contributed by atoms with Gasteiger partial charge in [-0.2, -0.15) is 0 Å². The van der Waals surface area contributed by atoms with E-state index in [4.69, 9.17) is 0 Å². The van der Waals surface area contributed by atoms with E-state index in [9.17, 15) is 4.79 Å². The number of ketones is 1. The average molecular weight is 253 g/mol. The van der Waals surface area contributed by atoms with Crippen LogP contribution < -0.4 is 0 Å². The average Bonchev–Trinajstić information content (AvgIpc) is 2.40. The van der Waals surface area contributed by atoms with Gasteiger partial charge in [0.2, 0.25) is 0 Å². The van der Waals surface area contributed by atoms with Crippen molar-refractivity contribution >= 4 is 18.2 Å². The van der Waals surface area contributed by atoms with Crippen LogP contribution in [0.5, 0.6) is 0 Å². The first kappa shape index (κ1) is 12.5. The van der Waals surface area contributed by atoms with Gasteiger partial charge in [-0.1, -0.05) is 0 Å². The third-order valence-corrected chi connectivity index (χ3v) is 3.94. The number of piperidine rings is 3. The zero-order valence-electron chi connectivity index (χ0n) is 9.71. The van der Waals surface area contributed by atoms with Crippen LogP contribution in [0.1, 0.15) is 23.2 Å². The number of hydrogen-bond donors (Lipinski definition) is 0. The Morgan fingerprint density at radius 3 is 2.65 bits per heavy atom. The Balaban J connectivity index is 0.00000108. The lowest BCUT2D eigenvalue weighted by Crippen LogP contribution is -2.50. The summed E-state index contributed by atoms with van der Waals surface area (Å²) >= 11 is 0. The Kier molecular flexibility index (Phi) is 3.79. The highest BCUT2D eigenvalue weighted by atomic mass is 35.5. The van der Waals surface area contributed by atoms with Crippen LogP contribution >= 0.6 is 12.4 Å². The van der Waals surface area contributed by atoms with Gasteiger partial charge in [-0.25, -0.2) is 0 Å². The van der Waals surface area contributed by atoms with Crippen molar-refractivity contribution in [3.8, 4) is 0 Å². The summed E-state index contributed by atoms with van der Waals surface area (Å²) in [4.78, 5) is 18.8. The van der Waals surface area contributed by atoms with Crippen molar-refractivity contribution < 1.29 is 4.79 Å². The molecule has 3 saturated heterocycles. The van der Waals surface area contributed by atoms with Crippen LogP contribution in [-0.4, -0.2) is 35.3 Å². The first-order valence-corrected chi connectivity index (χ1v) is 6.01. The summed E-state index contributed by atoms with van der Waals surface area (Å²) in [5.41, 5.74) is 0.779. The molecular formula is C13H17ClN2O. The molecule has 4 heterocycles. The predicted molar refractivity (Wildman–Crippen MR) is 68.5 cm³/mol. The Morgan fingerprint density at radius 1 is 1.35 bits per heavy atom. The zero-order chi connectivity index (χ0) is 11.0. The summed E-state index contributed by atoms with van der Waals surface area (Å²) in [7, 11) is 0. The van der Waals surface area contributed by atoms with E-state index in [0.29, 0.717) is 11.7 Å². The molecule has 92 valence electrons. The molecule has 3 aliphatic rings. The summed E-state index contributed by atoms with van der Waals surface area (Å²) in [6, 6.07) is 3.72. The second kappa shape index (κ2) is 5.15. The van der Waals surface area contributed by atoms with E-state index in [1.54, 1.807) is 12.4 Å². The minimum absolute atomic E-state index is 0. The molecule has 4 heteroatoms. The molecule has 2 bridgehead atoms. The fourth-order valence-corrected chi connectivity index (χ4v) is 2.98. The number of fused-ring (bicyclic) bond motifs is 3. The Morgan fingerprint density at radius 2 is 2.12 bits per heavy atom. The van der Waals surface area contributed by atoms with Crippen LogP contribution in [0.4, 0.5) is 0 Å². The van der Waals surface area contributed by atoms with Crippen LogP contribution in [0, 0.1) is 11.8 Å². The monoisotopic (exact) mass is 252 g/mol. The Hall–Kier alpha value is -0.930. The van der Waals surface area contributed by atoms with Crippen molar-refractivity contribution in [2.75, 3.05) is 19.6 Å². The molecule has 0 spiro atoms. The molecule has 1 aromatic heterocycles. The molecule has 1 atom stereocenters. The van der Waals surface area contributed by atoms with Crippen LogP contribution in [0.2, 0.25) is 0 Å². The lowest BCUT2D eigenvalue weighted by Gasteiger charge is -2.44. The van der Waals surface area contributed by atoms with Crippen LogP contribution in [-0.2, 0) is 0 Å². The van der Waals surface area contributed by atoms with Gasteiger partial charge in [0.25, 0.3) is 0 Å². The van der Waals surface area contributed by atoms with E-state index in [2.05, 4.69) is 9.88 Å². The van der Waals surface area contributed by atoms with E-state index in [-0.39, 0.29) is 18.3 Å². The maximum Gasteiger partial charge on any atom is 0.169 e. The van der Waals surface area contributed by atoms with Crippen LogP contribution in [0.15, 0.2) is 24.5 Å². The molecule has 0 saturated carbocycles. The molecule has 0 aliphatic carbocycles. The Labute approximate surface area is 108 Å². The number of carbonyl (C=O) groups is 1. The third kappa shape index (κ3) is 2.35. The van der Waals surface area contributed by atoms with Gasteiger partial charge in [-0.05, 0) is 44.0 Å². The number of halogens is 1. The molecule has 3 fully saturated rings. The van der Waals surface area contributed by atoms with Crippen molar-refractivity contribution in [1.29, 1.82) is 0 Å². The summed E-state index contributed by atoms with van der Waals surface area (Å²) < 4.78 is 0. The normalized spacial score (nSPS) is 30.7. The topological polar surface area (TPSA) is 33.2 Å². The largest absolute Gasteiger partial charge is 0.303 e. The van der Waals surface area contributed by atoms with Crippen molar-refractivity contribution in [1.82, 2.24) is 9.88 Å². The van der Waals surface area contributed by atoms with Crippen LogP contribution in [0.25, 0.3) is 0 Å². The van der Waals surface area contributed by atoms with Gasteiger partial charge in [0.1, 0.15) is 0 Å². The van der Waals surface area contributed by atoms with E-state index in [1.807, 2.05) is 12.1 Å². The molecule has 1 unspecified atom stereocenters. The van der Waals surface area contributed by atoms with Gasteiger partial charge in [0.15, 0.2) is 5.78 Å². The third-order valence-electron chi connectivity index (χ3n) is 3.94. The molecule has 1 aromatic rings. The Bertz CT molecular complexity index is 388. The summed E-state index contributed by atoms with van der Waals surface area (Å²) in [6.07, 6.45) is 5.79.